The Morgan fingerprint density at radius 1 is 0.312 bits per heavy atom. The number of hydrogen-bond donors (Lipinski definition) is 0. The van der Waals surface area contributed by atoms with E-state index in [1.807, 2.05) is 130 Å². The lowest BCUT2D eigenvalue weighted by Crippen LogP contribution is -2.08. The van der Waals surface area contributed by atoms with E-state index >= 15 is 0 Å². The standard InChI is InChI=1S/C88H52N6S2/c1-89-72-53-71(88-91-86(59-33-19-7-20-34-59)90-87(92-88)60-35-21-8-22-36-60)82(93-73-43-37-61(54-23-9-2-10-24-54)51-69(73)80-75(93)45-41-65-67-49-63(56-27-13-4-14-28-56)39-47-77(67)95-84(65)80)79(58-31-17-6-18-32-58)83(72)94-74-44-38-62(55-25-11-3-12-26-55)52-70(74)81-76(94)46-42-66-68-50-64(57-29-15-5-16-30-57)40-48-78(68)96-85(66)81/h2-53H/i2D,3D,7D,8D,9D,10D,11D,12D,19D,20D,21D,22D,23D,24D,25D,26D,33D,34D,35D,36D. The van der Waals surface area contributed by atoms with Crippen LogP contribution in [0.25, 0.3) is 190 Å². The van der Waals surface area contributed by atoms with Crippen LogP contribution >= 0.6 is 22.7 Å². The molecule has 0 amide bonds. The molecular weight excluding hydrogens is 1210 g/mol. The smallest absolute Gasteiger partial charge is 0.212 e. The highest BCUT2D eigenvalue weighted by molar-refractivity contribution is 7.27. The largest absolute Gasteiger partial charge is 0.318 e. The van der Waals surface area contributed by atoms with Crippen LogP contribution in [0.5, 0.6) is 0 Å². The van der Waals surface area contributed by atoms with Crippen molar-refractivity contribution in [3.63, 3.8) is 0 Å². The van der Waals surface area contributed by atoms with E-state index < -0.39 is 144 Å². The van der Waals surface area contributed by atoms with Crippen LogP contribution in [0.1, 0.15) is 27.4 Å². The molecule has 0 unspecified atom stereocenters. The van der Waals surface area contributed by atoms with Crippen molar-refractivity contribution in [2.24, 2.45) is 0 Å². The maximum absolute atomic E-state index is 9.75. The molecule has 0 aliphatic rings. The third kappa shape index (κ3) is 8.94. The second kappa shape index (κ2) is 22.4. The van der Waals surface area contributed by atoms with Gasteiger partial charge in [0, 0.05) is 84.1 Å². The first-order valence-electron chi connectivity index (χ1n) is 40.5. The molecule has 8 heteroatoms. The normalized spacial score (nSPS) is 14.7. The Kier molecular flexibility index (Phi) is 9.02. The summed E-state index contributed by atoms with van der Waals surface area (Å²) in [6.45, 7) is 9.75. The van der Waals surface area contributed by atoms with Crippen LogP contribution in [0, 0.1) is 6.57 Å². The van der Waals surface area contributed by atoms with Gasteiger partial charge >= 0.3 is 0 Å². The Labute approximate surface area is 588 Å². The Morgan fingerprint density at radius 2 is 0.688 bits per heavy atom. The molecular formula is C88H52N6S2. The van der Waals surface area contributed by atoms with Crippen LogP contribution in [-0.4, -0.2) is 24.1 Å². The van der Waals surface area contributed by atoms with Crippen molar-refractivity contribution >= 4 is 112 Å². The van der Waals surface area contributed by atoms with Crippen LogP contribution in [0.2, 0.25) is 0 Å². The summed E-state index contributed by atoms with van der Waals surface area (Å²) in [7, 11) is 0. The highest BCUT2D eigenvalue weighted by atomic mass is 32.1. The monoisotopic (exact) mass is 1280 g/mol. The molecule has 96 heavy (non-hydrogen) atoms. The zero-order valence-electron chi connectivity index (χ0n) is 70.0. The molecule has 0 saturated heterocycles. The summed E-state index contributed by atoms with van der Waals surface area (Å²) in [6, 6.07) is 48.8. The van der Waals surface area contributed by atoms with Crippen LogP contribution in [0.3, 0.4) is 0 Å². The quantitative estimate of drug-likeness (QED) is 0.128. The molecule has 0 aliphatic heterocycles. The molecule has 0 fully saturated rings. The Morgan fingerprint density at radius 3 is 1.14 bits per heavy atom. The fourth-order valence-corrected chi connectivity index (χ4v) is 16.0. The number of benzene rings is 14. The summed E-state index contributed by atoms with van der Waals surface area (Å²) in [4.78, 5) is 19.4. The topological polar surface area (TPSA) is 52.9 Å². The number of thiophene rings is 2. The fourth-order valence-electron chi connectivity index (χ4n) is 13.6. The molecule has 0 N–H and O–H groups in total. The maximum Gasteiger partial charge on any atom is 0.212 e. The molecule has 0 radical (unpaired) electrons. The fraction of sp³-hybridized carbons (Fsp3) is 0. The van der Waals surface area contributed by atoms with Crippen LogP contribution in [0.4, 0.5) is 5.69 Å². The van der Waals surface area contributed by atoms with Gasteiger partial charge in [0.2, 0.25) is 5.69 Å². The van der Waals surface area contributed by atoms with Gasteiger partial charge in [0.05, 0.1) is 67.4 Å². The summed E-state index contributed by atoms with van der Waals surface area (Å²) in [6.07, 6.45) is 0. The first-order chi connectivity index (χ1) is 55.8. The van der Waals surface area contributed by atoms with Gasteiger partial charge in [-0.15, -0.1) is 22.7 Å². The van der Waals surface area contributed by atoms with E-state index in [1.54, 1.807) is 42.5 Å². The number of aromatic nitrogens is 5. The zero-order valence-corrected chi connectivity index (χ0v) is 51.6. The van der Waals surface area contributed by atoms with Gasteiger partial charge in [-0.25, -0.2) is 19.8 Å². The molecule has 19 aromatic rings. The SMILES string of the molecule is [2H]c1c([2H])c([2H])c(-c2ccc3c(c2)c2c4sc5ccc(-c6ccccc6)cc5c4ccc2n3-c2c([N+]#[C-])cc(-c3nc(-c4c([2H])c([2H])c([2H])c([2H])c4[2H])nc(-c4c([2H])c([2H])c([2H])c([2H])c4[2H])n3)c(-n3c4ccc(-c5c([2H])c([2H])c([2H])c([2H])c5[2H])cc4c4c5sc6ccc(-c7ccccc7)cc6c5ccc43)c2-c2ccccc2)c([2H])c1[2H]. The third-order valence-electron chi connectivity index (χ3n) is 17.7. The summed E-state index contributed by atoms with van der Waals surface area (Å²) >= 11 is 3.03. The Balaban J connectivity index is 1.03. The van der Waals surface area contributed by atoms with Crippen molar-refractivity contribution in [3.8, 4) is 101 Å². The average Bonchev–Trinajstić information content (AvgIpc) is 1.53. The minimum atomic E-state index is -0.771. The van der Waals surface area contributed by atoms with E-state index in [2.05, 4.69) is 35.2 Å². The molecule has 0 saturated carbocycles. The number of hydrogen-bond acceptors (Lipinski definition) is 5. The van der Waals surface area contributed by atoms with Crippen molar-refractivity contribution in [2.45, 2.75) is 0 Å². The van der Waals surface area contributed by atoms with Crippen LogP contribution < -0.4 is 0 Å². The van der Waals surface area contributed by atoms with Gasteiger partial charge in [-0.1, -0.05) is 248 Å². The van der Waals surface area contributed by atoms with E-state index in [9.17, 15) is 17.5 Å². The van der Waals surface area contributed by atoms with E-state index in [0.29, 0.717) is 54.7 Å². The van der Waals surface area contributed by atoms with E-state index in [0.717, 1.165) is 62.6 Å². The molecule has 5 heterocycles. The second-order valence-corrected chi connectivity index (χ2v) is 25.1. The van der Waals surface area contributed by atoms with Crippen molar-refractivity contribution < 1.29 is 27.4 Å². The average molecular weight is 1280 g/mol. The molecule has 0 spiro atoms. The number of rotatable bonds is 10. The summed E-state index contributed by atoms with van der Waals surface area (Å²) in [5, 5.41) is 5.86. The molecule has 19 rings (SSSR count). The molecule has 0 atom stereocenters. The van der Waals surface area contributed by atoms with Gasteiger partial charge in [0.1, 0.15) is 0 Å². The van der Waals surface area contributed by atoms with Crippen LogP contribution in [0.15, 0.2) is 315 Å². The van der Waals surface area contributed by atoms with Gasteiger partial charge in [0.25, 0.3) is 0 Å². The highest BCUT2D eigenvalue weighted by Gasteiger charge is 2.31. The van der Waals surface area contributed by atoms with Gasteiger partial charge < -0.3 is 9.13 Å². The predicted molar refractivity (Wildman–Crippen MR) is 404 cm³/mol. The third-order valence-corrected chi connectivity index (χ3v) is 20.1. The van der Waals surface area contributed by atoms with Crippen molar-refractivity contribution in [3.05, 3.63) is 326 Å². The molecule has 5 aromatic heterocycles. The van der Waals surface area contributed by atoms with E-state index in [1.165, 1.54) is 22.7 Å². The molecule has 446 valence electrons. The first-order valence-corrected chi connectivity index (χ1v) is 32.2. The Bertz CT molecular complexity index is 7460. The number of fused-ring (bicyclic) bond motifs is 14. The summed E-state index contributed by atoms with van der Waals surface area (Å²) in [5.74, 6) is -1.55. The lowest BCUT2D eigenvalue weighted by atomic mass is 9.94. The minimum Gasteiger partial charge on any atom is -0.318 e. The van der Waals surface area contributed by atoms with Gasteiger partial charge in [-0.05, 0) is 117 Å². The number of nitrogens with zero attached hydrogens (tertiary/aromatic N) is 6. The van der Waals surface area contributed by atoms with Gasteiger partial charge in [-0.3, -0.25) is 0 Å². The second-order valence-electron chi connectivity index (χ2n) is 23.0. The van der Waals surface area contributed by atoms with Gasteiger partial charge in [0.15, 0.2) is 17.5 Å². The maximum atomic E-state index is 9.75. The summed E-state index contributed by atoms with van der Waals surface area (Å²) in [5.41, 5.74) is 6.18. The molecule has 0 aliphatic carbocycles. The molecule has 6 nitrogen and oxygen atoms in total. The predicted octanol–water partition coefficient (Wildman–Crippen LogP) is 24.7. The van der Waals surface area contributed by atoms with Crippen molar-refractivity contribution in [1.29, 1.82) is 0 Å². The van der Waals surface area contributed by atoms with E-state index in [4.69, 9.17) is 31.4 Å². The lowest BCUT2D eigenvalue weighted by molar-refractivity contribution is 1.06. The molecule has 14 aromatic carbocycles. The van der Waals surface area contributed by atoms with Crippen molar-refractivity contribution in [1.82, 2.24) is 24.1 Å². The lowest BCUT2D eigenvalue weighted by Gasteiger charge is -2.24. The molecule has 0 bridgehead atoms. The highest BCUT2D eigenvalue weighted by Crippen LogP contribution is 2.54. The zero-order chi connectivity index (χ0) is 80.8. The van der Waals surface area contributed by atoms with Gasteiger partial charge in [-0.2, -0.15) is 0 Å². The van der Waals surface area contributed by atoms with Crippen LogP contribution in [-0.2, 0) is 0 Å². The minimum absolute atomic E-state index is 0.0222. The Hall–Kier alpha value is -12.4. The summed E-state index contributed by atoms with van der Waals surface area (Å²) < 4.78 is 189. The first kappa shape index (κ1) is 38.6. The van der Waals surface area contributed by atoms with Crippen molar-refractivity contribution in [2.75, 3.05) is 0 Å². The van der Waals surface area contributed by atoms with E-state index in [-0.39, 0.29) is 50.7 Å².